The second-order valence-electron chi connectivity index (χ2n) is 5.16. The highest BCUT2D eigenvalue weighted by molar-refractivity contribution is 7.09. The zero-order valence-electron chi connectivity index (χ0n) is 13.5. The lowest BCUT2D eigenvalue weighted by molar-refractivity contribution is -0.116. The zero-order chi connectivity index (χ0) is 16.5. The summed E-state index contributed by atoms with van der Waals surface area (Å²) in [5, 5.41) is 5.82. The summed E-state index contributed by atoms with van der Waals surface area (Å²) >= 11 is 1.57. The lowest BCUT2D eigenvalue weighted by Crippen LogP contribution is -2.21. The molecule has 0 saturated heterocycles. The maximum atomic E-state index is 11.9. The van der Waals surface area contributed by atoms with Crippen molar-refractivity contribution < 1.29 is 9.53 Å². The van der Waals surface area contributed by atoms with Crippen molar-refractivity contribution in [2.24, 2.45) is 0 Å². The molecule has 122 valence electrons. The van der Waals surface area contributed by atoms with Gasteiger partial charge in [0.05, 0.1) is 17.3 Å². The second-order valence-corrected chi connectivity index (χ2v) is 6.23. The van der Waals surface area contributed by atoms with Gasteiger partial charge in [-0.3, -0.25) is 4.79 Å². The van der Waals surface area contributed by atoms with Crippen molar-refractivity contribution in [2.45, 2.75) is 33.4 Å². The summed E-state index contributed by atoms with van der Waals surface area (Å²) in [6.07, 6.45) is 4.25. The average molecular weight is 330 g/mol. The number of carbonyl (C=O) groups excluding carboxylic acids is 1. The Kier molecular flexibility index (Phi) is 6.97. The molecule has 1 N–H and O–H groups in total. The Labute approximate surface area is 141 Å². The predicted octanol–water partition coefficient (Wildman–Crippen LogP) is 3.71. The summed E-state index contributed by atoms with van der Waals surface area (Å²) in [5.74, 6) is -0.125. The third-order valence-corrected chi connectivity index (χ3v) is 4.01. The first kappa shape index (κ1) is 17.4. The number of ether oxygens (including phenoxy) is 1. The molecule has 0 unspecified atom stereocenters. The topological polar surface area (TPSA) is 51.2 Å². The Balaban J connectivity index is 1.87. The summed E-state index contributed by atoms with van der Waals surface area (Å²) in [4.78, 5) is 16.2. The van der Waals surface area contributed by atoms with Gasteiger partial charge in [-0.15, -0.1) is 11.3 Å². The van der Waals surface area contributed by atoms with Crippen LogP contribution in [0.4, 0.5) is 0 Å². The number of aryl methyl sites for hydroxylation is 1. The minimum absolute atomic E-state index is 0.125. The summed E-state index contributed by atoms with van der Waals surface area (Å²) in [5.41, 5.74) is 3.01. The van der Waals surface area contributed by atoms with Gasteiger partial charge in [-0.1, -0.05) is 31.2 Å². The third kappa shape index (κ3) is 5.96. The standard InChI is InChI=1S/C18H22N2O2S/c1-3-10-22-12-16-7-5-4-6-15(16)11-19-18(21)9-8-17-13-23-14(2)20-17/h4-9,13H,3,10-12H2,1-2H3,(H,19,21). The quantitative estimate of drug-likeness (QED) is 0.593. The smallest absolute Gasteiger partial charge is 0.244 e. The predicted molar refractivity (Wildman–Crippen MR) is 94.1 cm³/mol. The molecule has 0 fully saturated rings. The van der Waals surface area contributed by atoms with Crippen LogP contribution in [0.5, 0.6) is 0 Å². The molecule has 4 nitrogen and oxygen atoms in total. The Morgan fingerprint density at radius 2 is 2.13 bits per heavy atom. The normalized spacial score (nSPS) is 11.0. The fourth-order valence-corrected chi connectivity index (χ4v) is 2.64. The molecule has 0 aliphatic rings. The summed E-state index contributed by atoms with van der Waals surface area (Å²) in [6.45, 7) is 5.84. The number of hydrogen-bond acceptors (Lipinski definition) is 4. The van der Waals surface area contributed by atoms with E-state index >= 15 is 0 Å². The van der Waals surface area contributed by atoms with Gasteiger partial charge in [-0.2, -0.15) is 0 Å². The van der Waals surface area contributed by atoms with E-state index in [1.165, 1.54) is 6.08 Å². The fraction of sp³-hybridized carbons (Fsp3) is 0.333. The van der Waals surface area contributed by atoms with E-state index in [1.807, 2.05) is 36.6 Å². The van der Waals surface area contributed by atoms with Crippen LogP contribution in [0.1, 0.15) is 35.2 Å². The van der Waals surface area contributed by atoms with Crippen LogP contribution in [-0.2, 0) is 22.7 Å². The summed E-state index contributed by atoms with van der Waals surface area (Å²) < 4.78 is 5.59. The molecular weight excluding hydrogens is 308 g/mol. The molecule has 0 aliphatic carbocycles. The van der Waals surface area contributed by atoms with Crippen molar-refractivity contribution in [2.75, 3.05) is 6.61 Å². The Hall–Kier alpha value is -1.98. The van der Waals surface area contributed by atoms with Crippen molar-refractivity contribution in [3.05, 3.63) is 57.6 Å². The van der Waals surface area contributed by atoms with Crippen LogP contribution < -0.4 is 5.32 Å². The molecule has 0 spiro atoms. The van der Waals surface area contributed by atoms with Gasteiger partial charge in [0.15, 0.2) is 0 Å². The van der Waals surface area contributed by atoms with Crippen molar-refractivity contribution in [3.63, 3.8) is 0 Å². The number of benzene rings is 1. The van der Waals surface area contributed by atoms with E-state index in [4.69, 9.17) is 4.74 Å². The summed E-state index contributed by atoms with van der Waals surface area (Å²) in [6, 6.07) is 8.00. The van der Waals surface area contributed by atoms with Crippen LogP contribution in [0.15, 0.2) is 35.7 Å². The van der Waals surface area contributed by atoms with Crippen molar-refractivity contribution >= 4 is 23.3 Å². The van der Waals surface area contributed by atoms with E-state index in [0.29, 0.717) is 13.2 Å². The fourth-order valence-electron chi connectivity index (χ4n) is 2.06. The molecule has 5 heteroatoms. The lowest BCUT2D eigenvalue weighted by Gasteiger charge is -2.10. The van der Waals surface area contributed by atoms with Crippen LogP contribution in [0.2, 0.25) is 0 Å². The number of hydrogen-bond donors (Lipinski definition) is 1. The maximum absolute atomic E-state index is 11.9. The number of aromatic nitrogens is 1. The molecule has 1 aromatic carbocycles. The number of nitrogens with zero attached hydrogens (tertiary/aromatic N) is 1. The molecule has 0 atom stereocenters. The number of carbonyl (C=O) groups is 1. The monoisotopic (exact) mass is 330 g/mol. The molecule has 1 amide bonds. The lowest BCUT2D eigenvalue weighted by atomic mass is 10.1. The molecule has 23 heavy (non-hydrogen) atoms. The molecule has 0 aliphatic heterocycles. The molecule has 1 aromatic heterocycles. The number of rotatable bonds is 8. The Bertz CT molecular complexity index is 665. The van der Waals surface area contributed by atoms with E-state index in [1.54, 1.807) is 17.4 Å². The largest absolute Gasteiger partial charge is 0.377 e. The first-order valence-electron chi connectivity index (χ1n) is 7.71. The molecule has 2 rings (SSSR count). The summed E-state index contributed by atoms with van der Waals surface area (Å²) in [7, 11) is 0. The van der Waals surface area contributed by atoms with E-state index < -0.39 is 0 Å². The van der Waals surface area contributed by atoms with Gasteiger partial charge < -0.3 is 10.1 Å². The minimum Gasteiger partial charge on any atom is -0.377 e. The first-order chi connectivity index (χ1) is 11.2. The van der Waals surface area contributed by atoms with E-state index in [2.05, 4.69) is 17.2 Å². The molecule has 1 heterocycles. The van der Waals surface area contributed by atoms with Gasteiger partial charge in [0, 0.05) is 24.6 Å². The van der Waals surface area contributed by atoms with E-state index in [9.17, 15) is 4.79 Å². The van der Waals surface area contributed by atoms with Crippen LogP contribution in [0.3, 0.4) is 0 Å². The number of amides is 1. The minimum atomic E-state index is -0.125. The first-order valence-corrected chi connectivity index (χ1v) is 8.59. The SMILES string of the molecule is CCCOCc1ccccc1CNC(=O)C=Cc1csc(C)n1. The Morgan fingerprint density at radius 3 is 2.83 bits per heavy atom. The van der Waals surface area contributed by atoms with Crippen LogP contribution >= 0.6 is 11.3 Å². The van der Waals surface area contributed by atoms with Crippen molar-refractivity contribution in [3.8, 4) is 0 Å². The van der Waals surface area contributed by atoms with Gasteiger partial charge in [-0.25, -0.2) is 4.98 Å². The highest BCUT2D eigenvalue weighted by Crippen LogP contribution is 2.11. The van der Waals surface area contributed by atoms with Crippen LogP contribution in [0, 0.1) is 6.92 Å². The van der Waals surface area contributed by atoms with Crippen molar-refractivity contribution in [1.82, 2.24) is 10.3 Å². The third-order valence-electron chi connectivity index (χ3n) is 3.22. The highest BCUT2D eigenvalue weighted by atomic mass is 32.1. The maximum Gasteiger partial charge on any atom is 0.244 e. The van der Waals surface area contributed by atoms with Gasteiger partial charge in [0.25, 0.3) is 0 Å². The second kappa shape index (κ2) is 9.22. The average Bonchev–Trinajstić information content (AvgIpc) is 2.98. The molecule has 2 aromatic rings. The highest BCUT2D eigenvalue weighted by Gasteiger charge is 2.03. The molecule has 0 bridgehead atoms. The van der Waals surface area contributed by atoms with Gasteiger partial charge in [0.2, 0.25) is 5.91 Å². The number of nitrogens with one attached hydrogen (secondary N) is 1. The van der Waals surface area contributed by atoms with E-state index in [0.717, 1.165) is 34.9 Å². The van der Waals surface area contributed by atoms with Crippen LogP contribution in [-0.4, -0.2) is 17.5 Å². The van der Waals surface area contributed by atoms with Crippen LogP contribution in [0.25, 0.3) is 6.08 Å². The molecule has 0 radical (unpaired) electrons. The van der Waals surface area contributed by atoms with Crippen molar-refractivity contribution in [1.29, 1.82) is 0 Å². The van der Waals surface area contributed by atoms with Gasteiger partial charge >= 0.3 is 0 Å². The van der Waals surface area contributed by atoms with E-state index in [-0.39, 0.29) is 5.91 Å². The van der Waals surface area contributed by atoms with Gasteiger partial charge in [-0.05, 0) is 30.5 Å². The number of thiazole rings is 1. The Morgan fingerprint density at radius 1 is 1.35 bits per heavy atom. The zero-order valence-corrected chi connectivity index (χ0v) is 14.4. The molecular formula is C18H22N2O2S. The van der Waals surface area contributed by atoms with Gasteiger partial charge in [0.1, 0.15) is 0 Å². The molecule has 0 saturated carbocycles.